The molecule has 36 heavy (non-hydrogen) atoms. The van der Waals surface area contributed by atoms with Crippen molar-refractivity contribution in [1.82, 2.24) is 30.2 Å². The summed E-state index contributed by atoms with van der Waals surface area (Å²) in [5.74, 6) is -0.189. The number of halogens is 1. The molecule has 10 heteroatoms. The number of imidazole rings is 1. The second-order valence-electron chi connectivity index (χ2n) is 8.25. The number of fused-ring (bicyclic) bond motifs is 1. The lowest BCUT2D eigenvalue weighted by molar-refractivity contribution is 0.0336. The molecule has 4 aromatic rings. The molecule has 0 aliphatic carbocycles. The van der Waals surface area contributed by atoms with Gasteiger partial charge in [0.2, 0.25) is 5.95 Å². The van der Waals surface area contributed by atoms with Gasteiger partial charge in [-0.1, -0.05) is 13.5 Å². The number of H-pyrrole nitrogens is 1. The highest BCUT2D eigenvalue weighted by Crippen LogP contribution is 2.34. The fraction of sp³-hybridized carbons (Fsp3) is 0.308. The lowest BCUT2D eigenvalue weighted by Gasteiger charge is -2.26. The lowest BCUT2D eigenvalue weighted by atomic mass is 10.0. The van der Waals surface area contributed by atoms with Crippen molar-refractivity contribution in [3.05, 3.63) is 60.3 Å². The Morgan fingerprint density at radius 2 is 2.00 bits per heavy atom. The highest BCUT2D eigenvalue weighted by Gasteiger charge is 2.17. The highest BCUT2D eigenvalue weighted by atomic mass is 19.1. The zero-order chi connectivity index (χ0) is 24.2. The molecule has 0 unspecified atom stereocenters. The number of hydrogen-bond acceptors (Lipinski definition) is 6. The van der Waals surface area contributed by atoms with Gasteiger partial charge in [0.25, 0.3) is 0 Å². The molecule has 1 fully saturated rings. The van der Waals surface area contributed by atoms with Crippen molar-refractivity contribution >= 4 is 23.0 Å². The predicted octanol–water partition coefficient (Wildman–Crippen LogP) is 4.44. The molecule has 0 saturated carbocycles. The number of benzene rings is 1. The molecular formula is C26H30FN7O2. The molecule has 0 spiro atoms. The molecule has 5 rings (SSSR count). The standard InChI is InChI=1S/C25H26FN7O2.CH4/c1-2-27-25(34)32-24-30-21-13-17(12-19(23(21)31-24)22-20(26)4-3-7-28-22)16-5-6-18(29-14-16)15-33-8-10-35-11-9-33;/h3-7,12-14H,2,8-11,15H2,1H3,(H3,27,30,31,32,34);1H4. The lowest BCUT2D eigenvalue weighted by Crippen LogP contribution is -2.35. The first-order valence-corrected chi connectivity index (χ1v) is 11.6. The zero-order valence-corrected chi connectivity index (χ0v) is 19.3. The van der Waals surface area contributed by atoms with Crippen LogP contribution in [0.4, 0.5) is 15.1 Å². The van der Waals surface area contributed by atoms with Gasteiger partial charge in [0.15, 0.2) is 0 Å². The van der Waals surface area contributed by atoms with Crippen LogP contribution in [0.5, 0.6) is 0 Å². The summed E-state index contributed by atoms with van der Waals surface area (Å²) in [6, 6.07) is 10.3. The number of anilines is 1. The van der Waals surface area contributed by atoms with E-state index in [0.29, 0.717) is 23.1 Å². The zero-order valence-electron chi connectivity index (χ0n) is 19.3. The van der Waals surface area contributed by atoms with E-state index >= 15 is 0 Å². The van der Waals surface area contributed by atoms with Crippen LogP contribution in [0.15, 0.2) is 48.8 Å². The summed E-state index contributed by atoms with van der Waals surface area (Å²) in [6.07, 6.45) is 3.36. The number of morpholine rings is 1. The summed E-state index contributed by atoms with van der Waals surface area (Å²) in [5, 5.41) is 5.34. The van der Waals surface area contributed by atoms with Crippen LogP contribution in [0.3, 0.4) is 0 Å². The topological polar surface area (TPSA) is 108 Å². The molecule has 9 nitrogen and oxygen atoms in total. The Kier molecular flexibility index (Phi) is 7.87. The fourth-order valence-electron chi connectivity index (χ4n) is 4.10. The minimum atomic E-state index is -0.453. The molecule has 1 aromatic carbocycles. The normalized spacial score (nSPS) is 13.8. The van der Waals surface area contributed by atoms with Gasteiger partial charge in [0.1, 0.15) is 17.0 Å². The summed E-state index contributed by atoms with van der Waals surface area (Å²) < 4.78 is 20.1. The average molecular weight is 492 g/mol. The molecule has 0 atom stereocenters. The number of nitrogens with one attached hydrogen (secondary N) is 3. The molecule has 1 aliphatic rings. The minimum Gasteiger partial charge on any atom is -0.379 e. The van der Waals surface area contributed by atoms with Gasteiger partial charge >= 0.3 is 6.03 Å². The third-order valence-electron chi connectivity index (χ3n) is 5.82. The van der Waals surface area contributed by atoms with Gasteiger partial charge in [-0.15, -0.1) is 0 Å². The van der Waals surface area contributed by atoms with Crippen LogP contribution >= 0.6 is 0 Å². The quantitative estimate of drug-likeness (QED) is 0.368. The van der Waals surface area contributed by atoms with Crippen LogP contribution in [0.2, 0.25) is 0 Å². The van der Waals surface area contributed by atoms with Crippen molar-refractivity contribution < 1.29 is 13.9 Å². The van der Waals surface area contributed by atoms with Crippen molar-refractivity contribution in [2.75, 3.05) is 38.2 Å². The van der Waals surface area contributed by atoms with Gasteiger partial charge in [-0.3, -0.25) is 20.2 Å². The Balaban J connectivity index is 0.00000304. The van der Waals surface area contributed by atoms with E-state index < -0.39 is 5.82 Å². The SMILES string of the molecule is C.CCNC(=O)Nc1nc2c(-c3ncccc3F)cc(-c3ccc(CN4CCOCC4)nc3)cc2[nH]1. The van der Waals surface area contributed by atoms with Crippen molar-refractivity contribution in [1.29, 1.82) is 0 Å². The molecular weight excluding hydrogens is 461 g/mol. The Morgan fingerprint density at radius 1 is 1.17 bits per heavy atom. The van der Waals surface area contributed by atoms with Gasteiger partial charge < -0.3 is 15.0 Å². The number of hydrogen-bond donors (Lipinski definition) is 3. The van der Waals surface area contributed by atoms with Crippen molar-refractivity contribution in [2.24, 2.45) is 0 Å². The summed E-state index contributed by atoms with van der Waals surface area (Å²) >= 11 is 0. The first-order chi connectivity index (χ1) is 17.1. The first-order valence-electron chi connectivity index (χ1n) is 11.6. The largest absolute Gasteiger partial charge is 0.379 e. The Morgan fingerprint density at radius 3 is 2.72 bits per heavy atom. The maximum Gasteiger partial charge on any atom is 0.321 e. The minimum absolute atomic E-state index is 0. The van der Waals surface area contributed by atoms with Gasteiger partial charge in [0.05, 0.1) is 24.4 Å². The fourth-order valence-corrected chi connectivity index (χ4v) is 4.10. The van der Waals surface area contributed by atoms with Crippen LogP contribution in [0.25, 0.3) is 33.4 Å². The molecule has 0 bridgehead atoms. The first kappa shape index (κ1) is 25.2. The van der Waals surface area contributed by atoms with Crippen LogP contribution in [0, 0.1) is 5.82 Å². The Labute approximate surface area is 209 Å². The van der Waals surface area contributed by atoms with E-state index in [9.17, 15) is 9.18 Å². The summed E-state index contributed by atoms with van der Waals surface area (Å²) in [4.78, 5) is 30.8. The number of pyridine rings is 2. The maximum atomic E-state index is 14.7. The maximum absolute atomic E-state index is 14.7. The third kappa shape index (κ3) is 5.50. The van der Waals surface area contributed by atoms with Crippen LogP contribution < -0.4 is 10.6 Å². The van der Waals surface area contributed by atoms with Crippen LogP contribution in [-0.2, 0) is 11.3 Å². The molecule has 1 aliphatic heterocycles. The average Bonchev–Trinajstić information content (AvgIpc) is 3.27. The number of carbonyl (C=O) groups excluding carboxylic acids is 1. The van der Waals surface area contributed by atoms with Gasteiger partial charge in [0, 0.05) is 49.7 Å². The summed E-state index contributed by atoms with van der Waals surface area (Å²) in [6.45, 7) is 6.35. The van der Waals surface area contributed by atoms with E-state index in [1.54, 1.807) is 12.3 Å². The Hall–Kier alpha value is -3.89. The summed E-state index contributed by atoms with van der Waals surface area (Å²) in [7, 11) is 0. The van der Waals surface area contributed by atoms with Crippen molar-refractivity contribution in [2.45, 2.75) is 20.9 Å². The number of nitrogens with zero attached hydrogens (tertiary/aromatic N) is 4. The van der Waals surface area contributed by atoms with Gasteiger partial charge in [-0.05, 0) is 42.8 Å². The van der Waals surface area contributed by atoms with Crippen molar-refractivity contribution in [3.8, 4) is 22.4 Å². The van der Waals surface area contributed by atoms with Crippen LogP contribution in [0.1, 0.15) is 20.0 Å². The van der Waals surface area contributed by atoms with E-state index in [2.05, 4.69) is 35.5 Å². The number of urea groups is 1. The molecule has 188 valence electrons. The van der Waals surface area contributed by atoms with Crippen molar-refractivity contribution in [3.63, 3.8) is 0 Å². The van der Waals surface area contributed by atoms with E-state index in [0.717, 1.165) is 49.7 Å². The number of ether oxygens (including phenoxy) is 1. The number of aromatic amines is 1. The molecule has 0 radical (unpaired) electrons. The number of amides is 2. The highest BCUT2D eigenvalue weighted by molar-refractivity contribution is 5.98. The number of rotatable bonds is 6. The van der Waals surface area contributed by atoms with Gasteiger partial charge in [-0.25, -0.2) is 14.2 Å². The monoisotopic (exact) mass is 491 g/mol. The van der Waals surface area contributed by atoms with E-state index in [4.69, 9.17) is 4.74 Å². The molecule has 3 N–H and O–H groups in total. The van der Waals surface area contributed by atoms with E-state index in [-0.39, 0.29) is 25.1 Å². The number of carbonyl (C=O) groups is 1. The second-order valence-corrected chi connectivity index (χ2v) is 8.25. The smallest absolute Gasteiger partial charge is 0.321 e. The molecule has 1 saturated heterocycles. The Bertz CT molecular complexity index is 1330. The predicted molar refractivity (Wildman–Crippen MR) is 138 cm³/mol. The number of aromatic nitrogens is 4. The summed E-state index contributed by atoms with van der Waals surface area (Å²) in [5.41, 5.74) is 4.55. The van der Waals surface area contributed by atoms with Gasteiger partial charge in [-0.2, -0.15) is 0 Å². The second kappa shape index (κ2) is 11.2. The molecule has 4 heterocycles. The van der Waals surface area contributed by atoms with E-state index in [1.807, 2.05) is 37.4 Å². The third-order valence-corrected chi connectivity index (χ3v) is 5.82. The van der Waals surface area contributed by atoms with E-state index in [1.165, 1.54) is 6.07 Å². The molecule has 3 aromatic heterocycles. The molecule has 2 amide bonds. The van der Waals surface area contributed by atoms with Crippen LogP contribution in [-0.4, -0.2) is 63.7 Å².